The van der Waals surface area contributed by atoms with Gasteiger partial charge in [0.2, 0.25) is 0 Å². The van der Waals surface area contributed by atoms with Gasteiger partial charge in [0, 0.05) is 18.5 Å². The summed E-state index contributed by atoms with van der Waals surface area (Å²) in [4.78, 5) is 0. The third-order valence-corrected chi connectivity index (χ3v) is 3.53. The monoisotopic (exact) mass is 287 g/mol. The standard InChI is InChI=1S/C12H12F3N3S/c1-16-7-6-10-17-18-11(19-10)8-4-2-3-5-9(8)12(13,14)15/h2-5,16H,6-7H2,1H3. The zero-order chi connectivity index (χ0) is 13.9. The Kier molecular flexibility index (Phi) is 4.16. The van der Waals surface area contributed by atoms with Crippen molar-refractivity contribution in [3.63, 3.8) is 0 Å². The molecule has 0 aliphatic rings. The zero-order valence-electron chi connectivity index (χ0n) is 10.2. The van der Waals surface area contributed by atoms with Crippen LogP contribution in [0.15, 0.2) is 24.3 Å². The van der Waals surface area contributed by atoms with Crippen molar-refractivity contribution in [1.29, 1.82) is 0 Å². The summed E-state index contributed by atoms with van der Waals surface area (Å²) in [5.74, 6) is 0. The van der Waals surface area contributed by atoms with E-state index in [0.29, 0.717) is 11.4 Å². The fraction of sp³-hybridized carbons (Fsp3) is 0.333. The third-order valence-electron chi connectivity index (χ3n) is 2.52. The highest BCUT2D eigenvalue weighted by Gasteiger charge is 2.34. The van der Waals surface area contributed by atoms with Crippen LogP contribution in [-0.4, -0.2) is 23.8 Å². The Morgan fingerprint density at radius 3 is 2.63 bits per heavy atom. The molecule has 0 saturated carbocycles. The van der Waals surface area contributed by atoms with Crippen LogP contribution >= 0.6 is 11.3 Å². The SMILES string of the molecule is CNCCc1nnc(-c2ccccc2C(F)(F)F)s1. The van der Waals surface area contributed by atoms with E-state index in [9.17, 15) is 13.2 Å². The minimum atomic E-state index is -4.38. The average molecular weight is 287 g/mol. The highest BCUT2D eigenvalue weighted by molar-refractivity contribution is 7.14. The smallest absolute Gasteiger partial charge is 0.319 e. The van der Waals surface area contributed by atoms with Gasteiger partial charge in [0.15, 0.2) is 0 Å². The molecule has 3 nitrogen and oxygen atoms in total. The molecular weight excluding hydrogens is 275 g/mol. The molecule has 7 heteroatoms. The van der Waals surface area contributed by atoms with E-state index < -0.39 is 11.7 Å². The second kappa shape index (κ2) is 5.66. The molecule has 0 spiro atoms. The molecule has 0 aliphatic heterocycles. The van der Waals surface area contributed by atoms with Crippen molar-refractivity contribution in [2.24, 2.45) is 0 Å². The minimum Gasteiger partial charge on any atom is -0.319 e. The van der Waals surface area contributed by atoms with Gasteiger partial charge in [-0.25, -0.2) is 0 Å². The Hall–Kier alpha value is -1.47. The number of nitrogens with zero attached hydrogens (tertiary/aromatic N) is 2. The molecule has 1 heterocycles. The van der Waals surface area contributed by atoms with Gasteiger partial charge < -0.3 is 5.32 Å². The maximum atomic E-state index is 12.9. The second-order valence-corrected chi connectivity index (χ2v) is 4.96. The fourth-order valence-corrected chi connectivity index (χ4v) is 2.49. The lowest BCUT2D eigenvalue weighted by atomic mass is 10.1. The summed E-state index contributed by atoms with van der Waals surface area (Å²) in [6, 6.07) is 5.42. The summed E-state index contributed by atoms with van der Waals surface area (Å²) >= 11 is 1.19. The van der Waals surface area contributed by atoms with Gasteiger partial charge in [0.25, 0.3) is 0 Å². The zero-order valence-corrected chi connectivity index (χ0v) is 11.0. The van der Waals surface area contributed by atoms with Gasteiger partial charge in [0.1, 0.15) is 10.0 Å². The molecule has 2 aromatic rings. The lowest BCUT2D eigenvalue weighted by Crippen LogP contribution is -2.09. The number of halogens is 3. The van der Waals surface area contributed by atoms with Gasteiger partial charge in [-0.3, -0.25) is 0 Å². The lowest BCUT2D eigenvalue weighted by Gasteiger charge is -2.09. The Morgan fingerprint density at radius 1 is 1.21 bits per heavy atom. The number of benzene rings is 1. The number of alkyl halides is 3. The van der Waals surface area contributed by atoms with E-state index in [1.807, 2.05) is 0 Å². The molecule has 0 saturated heterocycles. The number of nitrogens with one attached hydrogen (secondary N) is 1. The van der Waals surface area contributed by atoms with Crippen molar-refractivity contribution in [3.8, 4) is 10.6 Å². The minimum absolute atomic E-state index is 0.0863. The van der Waals surface area contributed by atoms with Crippen LogP contribution in [0.25, 0.3) is 10.6 Å². The Morgan fingerprint density at radius 2 is 1.95 bits per heavy atom. The molecule has 102 valence electrons. The van der Waals surface area contributed by atoms with Crippen LogP contribution in [0.1, 0.15) is 10.6 Å². The fourth-order valence-electron chi connectivity index (χ4n) is 1.61. The molecule has 0 amide bonds. The molecular formula is C12H12F3N3S. The molecule has 1 aromatic heterocycles. The van der Waals surface area contributed by atoms with Crippen molar-refractivity contribution in [1.82, 2.24) is 15.5 Å². The molecule has 0 aliphatic carbocycles. The van der Waals surface area contributed by atoms with Crippen LogP contribution in [0.5, 0.6) is 0 Å². The highest BCUT2D eigenvalue weighted by Crippen LogP contribution is 2.37. The number of hydrogen-bond donors (Lipinski definition) is 1. The molecule has 0 atom stereocenters. The van der Waals surface area contributed by atoms with E-state index in [-0.39, 0.29) is 5.56 Å². The van der Waals surface area contributed by atoms with Gasteiger partial charge in [-0.2, -0.15) is 13.2 Å². The van der Waals surface area contributed by atoms with Gasteiger partial charge in [0.05, 0.1) is 5.56 Å². The topological polar surface area (TPSA) is 37.8 Å². The van der Waals surface area contributed by atoms with Crippen LogP contribution in [0.3, 0.4) is 0 Å². The predicted octanol–water partition coefficient (Wildman–Crippen LogP) is 2.99. The van der Waals surface area contributed by atoms with E-state index in [4.69, 9.17) is 0 Å². The normalized spacial score (nSPS) is 11.8. The first-order chi connectivity index (χ1) is 9.02. The summed E-state index contributed by atoms with van der Waals surface area (Å²) in [7, 11) is 1.81. The first kappa shape index (κ1) is 14.0. The van der Waals surface area contributed by atoms with Crippen LogP contribution in [-0.2, 0) is 12.6 Å². The Labute approximate surface area is 112 Å². The molecule has 0 radical (unpaired) electrons. The number of likely N-dealkylation sites (N-methyl/N-ethyl adjacent to an activating group) is 1. The highest BCUT2D eigenvalue weighted by atomic mass is 32.1. The van der Waals surface area contributed by atoms with Crippen LogP contribution < -0.4 is 5.32 Å². The molecule has 2 rings (SSSR count). The molecule has 19 heavy (non-hydrogen) atoms. The number of aromatic nitrogens is 2. The summed E-state index contributed by atoms with van der Waals surface area (Å²) < 4.78 is 38.7. The largest absolute Gasteiger partial charge is 0.417 e. The van der Waals surface area contributed by atoms with Gasteiger partial charge >= 0.3 is 6.18 Å². The van der Waals surface area contributed by atoms with Crippen LogP contribution in [0, 0.1) is 0 Å². The molecule has 0 fully saturated rings. The van der Waals surface area contributed by atoms with E-state index in [2.05, 4.69) is 15.5 Å². The van der Waals surface area contributed by atoms with Gasteiger partial charge in [-0.05, 0) is 13.1 Å². The van der Waals surface area contributed by atoms with E-state index in [0.717, 1.165) is 17.6 Å². The summed E-state index contributed by atoms with van der Waals surface area (Å²) in [6.45, 7) is 0.718. The summed E-state index contributed by atoms with van der Waals surface area (Å²) in [5, 5.41) is 11.8. The van der Waals surface area contributed by atoms with Crippen molar-refractivity contribution < 1.29 is 13.2 Å². The van der Waals surface area contributed by atoms with E-state index in [1.54, 1.807) is 13.1 Å². The van der Waals surface area contributed by atoms with E-state index in [1.165, 1.54) is 23.5 Å². The quantitative estimate of drug-likeness (QED) is 0.939. The lowest BCUT2D eigenvalue weighted by molar-refractivity contribution is -0.137. The third kappa shape index (κ3) is 3.30. The predicted molar refractivity (Wildman–Crippen MR) is 68.0 cm³/mol. The maximum absolute atomic E-state index is 12.9. The van der Waals surface area contributed by atoms with Crippen LogP contribution in [0.2, 0.25) is 0 Å². The van der Waals surface area contributed by atoms with Gasteiger partial charge in [-0.1, -0.05) is 29.5 Å². The molecule has 1 aromatic carbocycles. The summed E-state index contributed by atoms with van der Waals surface area (Å²) in [5.41, 5.74) is -0.588. The Bertz CT molecular complexity index is 551. The first-order valence-electron chi connectivity index (χ1n) is 5.66. The Balaban J connectivity index is 2.34. The molecule has 0 unspecified atom stereocenters. The van der Waals surface area contributed by atoms with Crippen LogP contribution in [0.4, 0.5) is 13.2 Å². The van der Waals surface area contributed by atoms with Crippen molar-refractivity contribution in [2.45, 2.75) is 12.6 Å². The van der Waals surface area contributed by atoms with E-state index >= 15 is 0 Å². The van der Waals surface area contributed by atoms with Crippen molar-refractivity contribution in [2.75, 3.05) is 13.6 Å². The van der Waals surface area contributed by atoms with Gasteiger partial charge in [-0.15, -0.1) is 10.2 Å². The summed E-state index contributed by atoms with van der Waals surface area (Å²) in [6.07, 6.45) is -3.73. The average Bonchev–Trinajstić information content (AvgIpc) is 2.84. The maximum Gasteiger partial charge on any atom is 0.417 e. The molecule has 0 bridgehead atoms. The van der Waals surface area contributed by atoms with Crippen molar-refractivity contribution in [3.05, 3.63) is 34.8 Å². The number of rotatable bonds is 4. The van der Waals surface area contributed by atoms with Crippen molar-refractivity contribution >= 4 is 11.3 Å². The molecule has 1 N–H and O–H groups in total. The second-order valence-electron chi connectivity index (χ2n) is 3.90. The number of hydrogen-bond acceptors (Lipinski definition) is 4. The first-order valence-corrected chi connectivity index (χ1v) is 6.47.